The Morgan fingerprint density at radius 1 is 1.36 bits per heavy atom. The molecule has 78 valence electrons. The molecule has 0 spiro atoms. The van der Waals surface area contributed by atoms with Gasteiger partial charge in [0.05, 0.1) is 0 Å². The highest BCUT2D eigenvalue weighted by molar-refractivity contribution is 7.99. The molecule has 1 unspecified atom stereocenters. The lowest BCUT2D eigenvalue weighted by Gasteiger charge is -2.23. The van der Waals surface area contributed by atoms with Crippen LogP contribution < -0.4 is 5.32 Å². The van der Waals surface area contributed by atoms with Crippen LogP contribution in [0.5, 0.6) is 0 Å². The van der Waals surface area contributed by atoms with Crippen molar-refractivity contribution in [2.75, 3.05) is 18.8 Å². The average molecular weight is 250 g/mol. The molecule has 1 N–H and O–H groups in total. The predicted octanol–water partition coefficient (Wildman–Crippen LogP) is 3.14. The molecule has 0 radical (unpaired) electrons. The molecule has 0 aliphatic carbocycles. The monoisotopic (exact) mass is 249 g/mol. The summed E-state index contributed by atoms with van der Waals surface area (Å²) in [6.45, 7) is 2.15. The van der Waals surface area contributed by atoms with Gasteiger partial charge in [-0.1, -0.05) is 29.8 Å². The number of rotatable bonds is 1. The Morgan fingerprint density at radius 2 is 2.14 bits per heavy atom. The quantitative estimate of drug-likeness (QED) is 0.821. The number of halogens is 2. The second kappa shape index (κ2) is 5.86. The van der Waals surface area contributed by atoms with Crippen LogP contribution in [0.15, 0.2) is 24.3 Å². The lowest BCUT2D eigenvalue weighted by molar-refractivity contribution is 0.689. The third-order valence-corrected chi connectivity index (χ3v) is 3.79. The van der Waals surface area contributed by atoms with Crippen molar-refractivity contribution in [1.29, 1.82) is 0 Å². The molecule has 1 aliphatic rings. The summed E-state index contributed by atoms with van der Waals surface area (Å²) < 4.78 is 0. The van der Waals surface area contributed by atoms with E-state index in [0.717, 1.165) is 18.1 Å². The second-order valence-electron chi connectivity index (χ2n) is 3.09. The van der Waals surface area contributed by atoms with Crippen LogP contribution in [0, 0.1) is 0 Å². The van der Waals surface area contributed by atoms with Gasteiger partial charge in [0.25, 0.3) is 0 Å². The van der Waals surface area contributed by atoms with Crippen molar-refractivity contribution in [2.45, 2.75) is 5.25 Å². The Hall–Kier alpha value is 0.110. The summed E-state index contributed by atoms with van der Waals surface area (Å²) in [6, 6.07) is 8.11. The molecule has 0 saturated carbocycles. The van der Waals surface area contributed by atoms with Crippen molar-refractivity contribution in [1.82, 2.24) is 5.32 Å². The van der Waals surface area contributed by atoms with Gasteiger partial charge < -0.3 is 5.32 Å². The van der Waals surface area contributed by atoms with Gasteiger partial charge in [-0.05, 0) is 11.6 Å². The van der Waals surface area contributed by atoms with Crippen LogP contribution in [0.2, 0.25) is 5.02 Å². The lowest BCUT2D eigenvalue weighted by atomic mass is 10.1. The number of hydrogen-bond donors (Lipinski definition) is 1. The standard InChI is InChI=1S/C10H12ClNS.ClH/c11-9-4-2-1-3-8(9)10-7-12-5-6-13-10;/h1-4,10,12H,5-7H2;1H. The molecule has 1 aromatic rings. The smallest absolute Gasteiger partial charge is 0.0449 e. The second-order valence-corrected chi connectivity index (χ2v) is 4.80. The van der Waals surface area contributed by atoms with Crippen molar-refractivity contribution in [3.8, 4) is 0 Å². The summed E-state index contributed by atoms with van der Waals surface area (Å²) in [7, 11) is 0. The van der Waals surface area contributed by atoms with Gasteiger partial charge >= 0.3 is 0 Å². The van der Waals surface area contributed by atoms with Crippen molar-refractivity contribution in [3.05, 3.63) is 34.9 Å². The fourth-order valence-corrected chi connectivity index (χ4v) is 3.00. The molecule has 1 saturated heterocycles. The highest BCUT2D eigenvalue weighted by atomic mass is 35.5. The van der Waals surface area contributed by atoms with Gasteiger partial charge in [0.15, 0.2) is 0 Å². The van der Waals surface area contributed by atoms with Crippen molar-refractivity contribution < 1.29 is 0 Å². The van der Waals surface area contributed by atoms with Crippen LogP contribution >= 0.6 is 35.8 Å². The van der Waals surface area contributed by atoms with E-state index in [0.29, 0.717) is 5.25 Å². The first kappa shape index (κ1) is 12.2. The molecule has 0 aromatic heterocycles. The fourth-order valence-electron chi connectivity index (χ4n) is 1.50. The Kier molecular flexibility index (Phi) is 5.10. The van der Waals surface area contributed by atoms with Gasteiger partial charge in [-0.25, -0.2) is 0 Å². The van der Waals surface area contributed by atoms with E-state index in [9.17, 15) is 0 Å². The summed E-state index contributed by atoms with van der Waals surface area (Å²) in [6.07, 6.45) is 0. The summed E-state index contributed by atoms with van der Waals surface area (Å²) >= 11 is 8.10. The number of thioether (sulfide) groups is 1. The Balaban J connectivity index is 0.000000980. The van der Waals surface area contributed by atoms with E-state index in [1.54, 1.807) is 0 Å². The normalized spacial score (nSPS) is 21.4. The van der Waals surface area contributed by atoms with Gasteiger partial charge in [0.1, 0.15) is 0 Å². The molecule has 1 atom stereocenters. The molecule has 1 aliphatic heterocycles. The maximum Gasteiger partial charge on any atom is 0.0449 e. The van der Waals surface area contributed by atoms with E-state index in [-0.39, 0.29) is 12.4 Å². The van der Waals surface area contributed by atoms with E-state index >= 15 is 0 Å². The van der Waals surface area contributed by atoms with E-state index in [2.05, 4.69) is 17.4 Å². The molecule has 1 fully saturated rings. The van der Waals surface area contributed by atoms with E-state index in [1.165, 1.54) is 11.3 Å². The van der Waals surface area contributed by atoms with E-state index in [4.69, 9.17) is 11.6 Å². The minimum absolute atomic E-state index is 0. The van der Waals surface area contributed by atoms with E-state index in [1.807, 2.05) is 23.9 Å². The highest BCUT2D eigenvalue weighted by Crippen LogP contribution is 2.34. The van der Waals surface area contributed by atoms with Crippen molar-refractivity contribution in [3.63, 3.8) is 0 Å². The van der Waals surface area contributed by atoms with Crippen LogP contribution in [0.4, 0.5) is 0 Å². The summed E-state index contributed by atoms with van der Waals surface area (Å²) in [5.74, 6) is 1.18. The predicted molar refractivity (Wildman–Crippen MR) is 66.8 cm³/mol. The molecule has 4 heteroatoms. The van der Waals surface area contributed by atoms with Gasteiger partial charge in [0, 0.05) is 29.1 Å². The van der Waals surface area contributed by atoms with Crippen LogP contribution in [0.3, 0.4) is 0 Å². The van der Waals surface area contributed by atoms with Crippen LogP contribution in [0.1, 0.15) is 10.8 Å². The molecule has 1 nitrogen and oxygen atoms in total. The Labute approximate surface area is 100 Å². The third-order valence-electron chi connectivity index (χ3n) is 2.18. The van der Waals surface area contributed by atoms with Crippen molar-refractivity contribution in [2.24, 2.45) is 0 Å². The maximum atomic E-state index is 6.12. The van der Waals surface area contributed by atoms with Gasteiger partial charge in [-0.3, -0.25) is 0 Å². The fraction of sp³-hybridized carbons (Fsp3) is 0.400. The maximum absolute atomic E-state index is 6.12. The number of nitrogens with one attached hydrogen (secondary N) is 1. The highest BCUT2D eigenvalue weighted by Gasteiger charge is 2.17. The molecular weight excluding hydrogens is 237 g/mol. The molecule has 0 amide bonds. The van der Waals surface area contributed by atoms with Gasteiger partial charge in [-0.15, -0.1) is 12.4 Å². The molecule has 2 rings (SSSR count). The van der Waals surface area contributed by atoms with Crippen LogP contribution in [-0.4, -0.2) is 18.8 Å². The van der Waals surface area contributed by atoms with Gasteiger partial charge in [-0.2, -0.15) is 11.8 Å². The first-order valence-corrected chi connectivity index (χ1v) is 5.87. The van der Waals surface area contributed by atoms with Gasteiger partial charge in [0.2, 0.25) is 0 Å². The number of benzene rings is 1. The largest absolute Gasteiger partial charge is 0.314 e. The summed E-state index contributed by atoms with van der Waals surface area (Å²) in [4.78, 5) is 0. The molecule has 0 bridgehead atoms. The molecule has 14 heavy (non-hydrogen) atoms. The van der Waals surface area contributed by atoms with Crippen molar-refractivity contribution >= 4 is 35.8 Å². The lowest BCUT2D eigenvalue weighted by Crippen LogP contribution is -2.28. The zero-order chi connectivity index (χ0) is 9.10. The summed E-state index contributed by atoms with van der Waals surface area (Å²) in [5, 5.41) is 4.80. The molecular formula is C10H13Cl2NS. The Morgan fingerprint density at radius 3 is 2.79 bits per heavy atom. The molecule has 1 aromatic carbocycles. The minimum atomic E-state index is 0. The molecule has 1 heterocycles. The SMILES string of the molecule is Cl.Clc1ccccc1C1CNCCS1. The summed E-state index contributed by atoms with van der Waals surface area (Å²) in [5.41, 5.74) is 1.27. The van der Waals surface area contributed by atoms with Crippen LogP contribution in [0.25, 0.3) is 0 Å². The zero-order valence-electron chi connectivity index (χ0n) is 7.70. The minimum Gasteiger partial charge on any atom is -0.314 e. The first-order chi connectivity index (χ1) is 6.38. The van der Waals surface area contributed by atoms with E-state index < -0.39 is 0 Å². The topological polar surface area (TPSA) is 12.0 Å². The van der Waals surface area contributed by atoms with Crippen LogP contribution in [-0.2, 0) is 0 Å². The third kappa shape index (κ3) is 2.80. The zero-order valence-corrected chi connectivity index (χ0v) is 10.1. The first-order valence-electron chi connectivity index (χ1n) is 4.44. The number of hydrogen-bond acceptors (Lipinski definition) is 2. The average Bonchev–Trinajstić information content (AvgIpc) is 2.20. The Bertz CT molecular complexity index is 287.